The summed E-state index contributed by atoms with van der Waals surface area (Å²) >= 11 is 0. The van der Waals surface area contributed by atoms with Gasteiger partial charge in [-0.05, 0) is 24.6 Å². The zero-order valence-electron chi connectivity index (χ0n) is 11.1. The summed E-state index contributed by atoms with van der Waals surface area (Å²) in [5.41, 5.74) is 0.266. The van der Waals surface area contributed by atoms with Crippen LogP contribution in [0.2, 0.25) is 0 Å². The van der Waals surface area contributed by atoms with Crippen molar-refractivity contribution in [1.82, 2.24) is 5.16 Å². The lowest BCUT2D eigenvalue weighted by Gasteiger charge is -2.09. The number of esters is 1. The van der Waals surface area contributed by atoms with E-state index in [0.717, 1.165) is 6.26 Å². The van der Waals surface area contributed by atoms with Gasteiger partial charge in [-0.15, -0.1) is 0 Å². The molecule has 8 heteroatoms. The van der Waals surface area contributed by atoms with Crippen molar-refractivity contribution in [3.63, 3.8) is 0 Å². The molecule has 0 unspecified atom stereocenters. The molecule has 0 radical (unpaired) electrons. The van der Waals surface area contributed by atoms with Gasteiger partial charge in [-0.2, -0.15) is 0 Å². The molecule has 0 spiro atoms. The number of aromatic nitrogens is 1. The minimum atomic E-state index is -1.25. The van der Waals surface area contributed by atoms with Crippen molar-refractivity contribution in [2.45, 2.75) is 13.0 Å². The van der Waals surface area contributed by atoms with Crippen LogP contribution in [-0.2, 0) is 4.74 Å². The van der Waals surface area contributed by atoms with Crippen LogP contribution in [0.5, 0.6) is 0 Å². The monoisotopic (exact) mass is 292 g/mol. The van der Waals surface area contributed by atoms with Crippen LogP contribution < -0.4 is 0 Å². The fraction of sp³-hybridized carbons (Fsp3) is 0.231. The Morgan fingerprint density at radius 1 is 1.48 bits per heavy atom. The summed E-state index contributed by atoms with van der Waals surface area (Å²) in [6.07, 6.45) is -0.161. The smallest absolute Gasteiger partial charge is 0.343 e. The molecule has 0 saturated heterocycles. The van der Waals surface area contributed by atoms with Gasteiger partial charge in [-0.1, -0.05) is 5.16 Å². The highest BCUT2D eigenvalue weighted by Gasteiger charge is 2.24. The van der Waals surface area contributed by atoms with Gasteiger partial charge in [0, 0.05) is 12.1 Å². The van der Waals surface area contributed by atoms with Crippen LogP contribution in [0.15, 0.2) is 35.1 Å². The molecule has 0 fully saturated rings. The van der Waals surface area contributed by atoms with Crippen LogP contribution in [0.3, 0.4) is 0 Å². The van der Waals surface area contributed by atoms with Crippen LogP contribution in [0.25, 0.3) is 0 Å². The maximum atomic E-state index is 11.7. The summed E-state index contributed by atoms with van der Waals surface area (Å²) in [6, 6.07) is 5.27. The van der Waals surface area contributed by atoms with E-state index in [2.05, 4.69) is 5.16 Å². The number of aliphatic hydroxyl groups excluding tert-OH is 1. The van der Waals surface area contributed by atoms with Crippen molar-refractivity contribution < 1.29 is 24.1 Å². The summed E-state index contributed by atoms with van der Waals surface area (Å²) in [5.74, 6) is -0.658. The molecule has 0 aliphatic rings. The van der Waals surface area contributed by atoms with Crippen LogP contribution in [0.1, 0.15) is 34.6 Å². The van der Waals surface area contributed by atoms with Gasteiger partial charge in [0.25, 0.3) is 5.69 Å². The first-order valence-electron chi connectivity index (χ1n) is 6.08. The second-order valence-corrected chi connectivity index (χ2v) is 4.09. The van der Waals surface area contributed by atoms with Gasteiger partial charge in [0.2, 0.25) is 0 Å². The largest absolute Gasteiger partial charge is 0.462 e. The number of carbonyl (C=O) groups is 1. The Labute approximate surface area is 119 Å². The molecule has 1 aromatic heterocycles. The molecular formula is C13H12N2O6. The van der Waals surface area contributed by atoms with E-state index in [1.165, 1.54) is 24.3 Å². The van der Waals surface area contributed by atoms with E-state index in [1.807, 2.05) is 0 Å². The molecule has 1 heterocycles. The number of benzene rings is 1. The van der Waals surface area contributed by atoms with Gasteiger partial charge in [-0.25, -0.2) is 4.79 Å². The number of rotatable bonds is 5. The Hall–Kier alpha value is -2.74. The minimum absolute atomic E-state index is 0.00213. The zero-order valence-corrected chi connectivity index (χ0v) is 11.1. The molecular weight excluding hydrogens is 280 g/mol. The predicted octanol–water partition coefficient (Wildman–Crippen LogP) is 1.84. The number of hydrogen-bond donors (Lipinski definition) is 1. The first-order chi connectivity index (χ1) is 10.0. The second-order valence-electron chi connectivity index (χ2n) is 4.09. The van der Waals surface area contributed by atoms with Gasteiger partial charge < -0.3 is 14.4 Å². The lowest BCUT2D eigenvalue weighted by atomic mass is 10.0. The average molecular weight is 292 g/mol. The SMILES string of the molecule is CCOC(=O)c1conc1[C@@H](O)c1ccc([N+](=O)[O-])cc1. The highest BCUT2D eigenvalue weighted by Crippen LogP contribution is 2.25. The van der Waals surface area contributed by atoms with Crippen LogP contribution in [0.4, 0.5) is 5.69 Å². The molecule has 0 bridgehead atoms. The lowest BCUT2D eigenvalue weighted by molar-refractivity contribution is -0.384. The highest BCUT2D eigenvalue weighted by molar-refractivity contribution is 5.90. The standard InChI is InChI=1S/C13H12N2O6/c1-2-20-13(17)10-7-21-14-11(10)12(16)8-3-5-9(6-4-8)15(18)19/h3-7,12,16H,2H2,1H3/t12-/m0/s1. The van der Waals surface area contributed by atoms with Crippen molar-refractivity contribution >= 4 is 11.7 Å². The van der Waals surface area contributed by atoms with Gasteiger partial charge in [-0.3, -0.25) is 10.1 Å². The van der Waals surface area contributed by atoms with E-state index in [9.17, 15) is 20.0 Å². The molecule has 0 saturated carbocycles. The average Bonchev–Trinajstić information content (AvgIpc) is 2.96. The van der Waals surface area contributed by atoms with E-state index in [1.54, 1.807) is 6.92 Å². The third-order valence-corrected chi connectivity index (χ3v) is 2.77. The zero-order chi connectivity index (χ0) is 15.4. The van der Waals surface area contributed by atoms with Crippen molar-refractivity contribution in [3.05, 3.63) is 57.5 Å². The molecule has 1 atom stereocenters. The normalized spacial score (nSPS) is 11.9. The number of nitro groups is 1. The number of carbonyl (C=O) groups excluding carboxylic acids is 1. The van der Waals surface area contributed by atoms with Gasteiger partial charge in [0.15, 0.2) is 0 Å². The van der Waals surface area contributed by atoms with Crippen molar-refractivity contribution in [1.29, 1.82) is 0 Å². The molecule has 0 aliphatic carbocycles. The summed E-state index contributed by atoms with van der Waals surface area (Å²) in [6.45, 7) is 1.83. The summed E-state index contributed by atoms with van der Waals surface area (Å²) in [4.78, 5) is 21.7. The number of nitrogens with zero attached hydrogens (tertiary/aromatic N) is 2. The summed E-state index contributed by atoms with van der Waals surface area (Å²) in [5, 5.41) is 24.4. The first kappa shape index (κ1) is 14.7. The summed E-state index contributed by atoms with van der Waals surface area (Å²) < 4.78 is 9.52. The Morgan fingerprint density at radius 3 is 2.71 bits per heavy atom. The van der Waals surface area contributed by atoms with Crippen molar-refractivity contribution in [2.75, 3.05) is 6.61 Å². The molecule has 0 amide bonds. The van der Waals surface area contributed by atoms with Gasteiger partial charge in [0.05, 0.1) is 11.5 Å². The van der Waals surface area contributed by atoms with E-state index in [0.29, 0.717) is 5.56 Å². The lowest BCUT2D eigenvalue weighted by Crippen LogP contribution is -2.10. The third kappa shape index (κ3) is 3.06. The molecule has 21 heavy (non-hydrogen) atoms. The van der Waals surface area contributed by atoms with E-state index >= 15 is 0 Å². The molecule has 1 aromatic carbocycles. The maximum absolute atomic E-state index is 11.7. The van der Waals surface area contributed by atoms with E-state index < -0.39 is 17.0 Å². The molecule has 8 nitrogen and oxygen atoms in total. The predicted molar refractivity (Wildman–Crippen MR) is 69.6 cm³/mol. The second kappa shape index (κ2) is 6.14. The minimum Gasteiger partial charge on any atom is -0.462 e. The Bertz CT molecular complexity index is 649. The molecule has 2 rings (SSSR count). The molecule has 1 N–H and O–H groups in total. The quantitative estimate of drug-likeness (QED) is 0.507. The summed E-state index contributed by atoms with van der Waals surface area (Å²) in [7, 11) is 0. The van der Waals surface area contributed by atoms with Crippen LogP contribution in [-0.4, -0.2) is 27.8 Å². The Morgan fingerprint density at radius 2 is 2.14 bits per heavy atom. The third-order valence-electron chi connectivity index (χ3n) is 2.77. The number of nitro benzene ring substituents is 1. The first-order valence-corrected chi connectivity index (χ1v) is 6.08. The molecule has 2 aromatic rings. The molecule has 110 valence electrons. The van der Waals surface area contributed by atoms with Gasteiger partial charge >= 0.3 is 5.97 Å². The highest BCUT2D eigenvalue weighted by atomic mass is 16.6. The van der Waals surface area contributed by atoms with E-state index in [-0.39, 0.29) is 23.6 Å². The maximum Gasteiger partial charge on any atom is 0.343 e. The van der Waals surface area contributed by atoms with Gasteiger partial charge in [0.1, 0.15) is 23.6 Å². The fourth-order valence-corrected chi connectivity index (χ4v) is 1.74. The number of ether oxygens (including phenoxy) is 1. The Kier molecular flexibility index (Phi) is 4.29. The number of hydrogen-bond acceptors (Lipinski definition) is 7. The van der Waals surface area contributed by atoms with Crippen molar-refractivity contribution in [3.8, 4) is 0 Å². The van der Waals surface area contributed by atoms with Crippen LogP contribution in [0, 0.1) is 10.1 Å². The van der Waals surface area contributed by atoms with E-state index in [4.69, 9.17) is 9.26 Å². The topological polar surface area (TPSA) is 116 Å². The number of non-ortho nitro benzene ring substituents is 1. The number of aliphatic hydroxyl groups is 1. The van der Waals surface area contributed by atoms with Crippen LogP contribution >= 0.6 is 0 Å². The Balaban J connectivity index is 2.28. The molecule has 0 aliphatic heterocycles. The van der Waals surface area contributed by atoms with Crippen molar-refractivity contribution in [2.24, 2.45) is 0 Å². The fourth-order valence-electron chi connectivity index (χ4n) is 1.74.